The van der Waals surface area contributed by atoms with E-state index in [9.17, 15) is 18.0 Å². The maximum absolute atomic E-state index is 13.6. The van der Waals surface area contributed by atoms with Crippen LogP contribution in [-0.4, -0.2) is 47.9 Å². The van der Waals surface area contributed by atoms with E-state index in [1.807, 2.05) is 18.7 Å². The number of ketones is 1. The van der Waals surface area contributed by atoms with E-state index in [4.69, 9.17) is 0 Å². The van der Waals surface area contributed by atoms with Crippen LogP contribution in [0.3, 0.4) is 0 Å². The Bertz CT molecular complexity index is 923. The first kappa shape index (κ1) is 22.3. The SMILES string of the molecule is Cc1nc(CC(=O)c2cc(N3CCC(N4CCCC4)CC3)cc(C(F)(F)F)c2)sc1C. The number of piperidine rings is 1. The molecule has 0 radical (unpaired) electrons. The Morgan fingerprint density at radius 1 is 1.10 bits per heavy atom. The van der Waals surface area contributed by atoms with Crippen LogP contribution in [0.25, 0.3) is 0 Å². The van der Waals surface area contributed by atoms with E-state index in [1.54, 1.807) is 6.07 Å². The van der Waals surface area contributed by atoms with E-state index in [0.717, 1.165) is 42.6 Å². The number of carbonyl (C=O) groups is 1. The van der Waals surface area contributed by atoms with Gasteiger partial charge in [-0.15, -0.1) is 11.3 Å². The number of hydrogen-bond acceptors (Lipinski definition) is 5. The molecule has 0 aliphatic carbocycles. The van der Waals surface area contributed by atoms with Gasteiger partial charge in [-0.2, -0.15) is 13.2 Å². The van der Waals surface area contributed by atoms with E-state index in [2.05, 4.69) is 9.88 Å². The third-order valence-corrected chi connectivity index (χ3v) is 7.51. The lowest BCUT2D eigenvalue weighted by Crippen LogP contribution is -2.44. The molecule has 0 unspecified atom stereocenters. The molecule has 0 bridgehead atoms. The van der Waals surface area contributed by atoms with Gasteiger partial charge in [-0.3, -0.25) is 4.79 Å². The second kappa shape index (κ2) is 8.90. The highest BCUT2D eigenvalue weighted by Gasteiger charge is 2.33. The zero-order valence-electron chi connectivity index (χ0n) is 18.0. The first-order valence-corrected chi connectivity index (χ1v) is 11.7. The number of aryl methyl sites for hydroxylation is 2. The Morgan fingerprint density at radius 2 is 1.77 bits per heavy atom. The van der Waals surface area contributed by atoms with E-state index in [1.165, 1.54) is 30.2 Å². The molecule has 4 nitrogen and oxygen atoms in total. The number of nitrogens with zero attached hydrogens (tertiary/aromatic N) is 3. The normalized spacial score (nSPS) is 18.7. The lowest BCUT2D eigenvalue weighted by Gasteiger charge is -2.38. The molecule has 2 aliphatic heterocycles. The first-order valence-electron chi connectivity index (χ1n) is 10.9. The Hall–Kier alpha value is -1.93. The summed E-state index contributed by atoms with van der Waals surface area (Å²) >= 11 is 1.42. The molecule has 2 aliphatic rings. The number of halogens is 3. The van der Waals surface area contributed by atoms with Crippen molar-refractivity contribution in [1.82, 2.24) is 9.88 Å². The van der Waals surface area contributed by atoms with Crippen molar-refractivity contribution < 1.29 is 18.0 Å². The average molecular weight is 452 g/mol. The van der Waals surface area contributed by atoms with Gasteiger partial charge in [0, 0.05) is 35.3 Å². The molecule has 8 heteroatoms. The molecule has 168 valence electrons. The number of Topliss-reactive ketones (excluding diaryl/α,β-unsaturated/α-hetero) is 1. The van der Waals surface area contributed by atoms with Crippen LogP contribution in [0.5, 0.6) is 0 Å². The van der Waals surface area contributed by atoms with Gasteiger partial charge in [0.05, 0.1) is 17.7 Å². The van der Waals surface area contributed by atoms with Gasteiger partial charge in [0.15, 0.2) is 5.78 Å². The highest BCUT2D eigenvalue weighted by molar-refractivity contribution is 7.11. The maximum atomic E-state index is 13.6. The van der Waals surface area contributed by atoms with Gasteiger partial charge < -0.3 is 9.80 Å². The smallest absolute Gasteiger partial charge is 0.371 e. The monoisotopic (exact) mass is 451 g/mol. The summed E-state index contributed by atoms with van der Waals surface area (Å²) in [7, 11) is 0. The molecule has 2 aromatic rings. The second-order valence-electron chi connectivity index (χ2n) is 8.58. The molecule has 0 atom stereocenters. The summed E-state index contributed by atoms with van der Waals surface area (Å²) in [4.78, 5) is 22.7. The summed E-state index contributed by atoms with van der Waals surface area (Å²) in [5.74, 6) is -0.326. The van der Waals surface area contributed by atoms with Gasteiger partial charge >= 0.3 is 6.18 Å². The van der Waals surface area contributed by atoms with Gasteiger partial charge in [0.25, 0.3) is 0 Å². The molecule has 2 saturated heterocycles. The Labute approximate surface area is 185 Å². The van der Waals surface area contributed by atoms with E-state index < -0.39 is 11.7 Å². The minimum Gasteiger partial charge on any atom is -0.371 e. The zero-order chi connectivity index (χ0) is 22.2. The average Bonchev–Trinajstić information content (AvgIpc) is 3.37. The summed E-state index contributed by atoms with van der Waals surface area (Å²) in [6.07, 6.45) is -0.117. The van der Waals surface area contributed by atoms with Crippen molar-refractivity contribution in [2.45, 2.75) is 58.2 Å². The molecule has 0 N–H and O–H groups in total. The summed E-state index contributed by atoms with van der Waals surface area (Å²) in [6, 6.07) is 4.31. The standard InChI is InChI=1S/C23H28F3N3OS/c1-15-16(2)31-22(27-15)14-21(30)17-11-18(23(24,25)26)13-20(12-17)29-9-5-19(6-10-29)28-7-3-4-8-28/h11-13,19H,3-10,14H2,1-2H3. The highest BCUT2D eigenvalue weighted by atomic mass is 32.1. The number of likely N-dealkylation sites (tertiary alicyclic amines) is 1. The largest absolute Gasteiger partial charge is 0.416 e. The predicted molar refractivity (Wildman–Crippen MR) is 117 cm³/mol. The molecule has 0 spiro atoms. The summed E-state index contributed by atoms with van der Waals surface area (Å²) < 4.78 is 40.7. The van der Waals surface area contributed by atoms with Crippen molar-refractivity contribution in [3.63, 3.8) is 0 Å². The third kappa shape index (κ3) is 5.12. The fraction of sp³-hybridized carbons (Fsp3) is 0.565. The molecule has 1 aromatic carbocycles. The minimum atomic E-state index is -4.49. The predicted octanol–water partition coefficient (Wildman–Crippen LogP) is 5.27. The van der Waals surface area contributed by atoms with Crippen LogP contribution in [0.2, 0.25) is 0 Å². The fourth-order valence-electron chi connectivity index (χ4n) is 4.57. The maximum Gasteiger partial charge on any atom is 0.416 e. The van der Waals surface area contributed by atoms with Crippen LogP contribution in [0.15, 0.2) is 18.2 Å². The first-order chi connectivity index (χ1) is 14.7. The molecule has 2 fully saturated rings. The number of anilines is 1. The molecular weight excluding hydrogens is 423 g/mol. The van der Waals surface area contributed by atoms with Crippen LogP contribution in [0, 0.1) is 13.8 Å². The summed E-state index contributed by atoms with van der Waals surface area (Å²) in [5.41, 5.74) is 0.696. The van der Waals surface area contributed by atoms with Crippen LogP contribution in [0.4, 0.5) is 18.9 Å². The lowest BCUT2D eigenvalue weighted by atomic mass is 9.99. The van der Waals surface area contributed by atoms with Crippen LogP contribution >= 0.6 is 11.3 Å². The zero-order valence-corrected chi connectivity index (χ0v) is 18.8. The number of rotatable bonds is 5. The molecule has 4 rings (SSSR count). The Kier molecular flexibility index (Phi) is 6.40. The third-order valence-electron chi connectivity index (χ3n) is 6.44. The van der Waals surface area contributed by atoms with Gasteiger partial charge in [-0.25, -0.2) is 4.98 Å². The molecule has 0 saturated carbocycles. The van der Waals surface area contributed by atoms with E-state index >= 15 is 0 Å². The number of hydrogen-bond donors (Lipinski definition) is 0. The van der Waals surface area contributed by atoms with Crippen molar-refractivity contribution in [3.05, 3.63) is 44.9 Å². The Morgan fingerprint density at radius 3 is 2.35 bits per heavy atom. The van der Waals surface area contributed by atoms with E-state index in [0.29, 0.717) is 29.8 Å². The number of benzene rings is 1. The molecule has 0 amide bonds. The number of alkyl halides is 3. The van der Waals surface area contributed by atoms with Crippen LogP contribution in [-0.2, 0) is 12.6 Å². The quantitative estimate of drug-likeness (QED) is 0.581. The lowest BCUT2D eigenvalue weighted by molar-refractivity contribution is -0.137. The van der Waals surface area contributed by atoms with Crippen molar-refractivity contribution in [3.8, 4) is 0 Å². The number of thiazole rings is 1. The van der Waals surface area contributed by atoms with Crippen molar-refractivity contribution >= 4 is 22.8 Å². The van der Waals surface area contributed by atoms with Gasteiger partial charge in [-0.05, 0) is 70.8 Å². The number of aromatic nitrogens is 1. The highest BCUT2D eigenvalue weighted by Crippen LogP contribution is 2.35. The molecular formula is C23H28F3N3OS. The number of carbonyl (C=O) groups excluding carboxylic acids is 1. The Balaban J connectivity index is 1.54. The van der Waals surface area contributed by atoms with Crippen molar-refractivity contribution in [2.75, 3.05) is 31.1 Å². The van der Waals surface area contributed by atoms with E-state index in [-0.39, 0.29) is 17.8 Å². The van der Waals surface area contributed by atoms with Gasteiger partial charge in [-0.1, -0.05) is 0 Å². The molecule has 3 heterocycles. The van der Waals surface area contributed by atoms with Crippen LogP contribution in [0.1, 0.15) is 57.2 Å². The minimum absolute atomic E-state index is 0.0249. The molecule has 31 heavy (non-hydrogen) atoms. The van der Waals surface area contributed by atoms with Crippen LogP contribution < -0.4 is 4.90 Å². The van der Waals surface area contributed by atoms with Crippen molar-refractivity contribution in [2.24, 2.45) is 0 Å². The van der Waals surface area contributed by atoms with Gasteiger partial charge in [0.1, 0.15) is 5.01 Å². The summed E-state index contributed by atoms with van der Waals surface area (Å²) in [6.45, 7) is 7.47. The molecule has 1 aromatic heterocycles. The summed E-state index contributed by atoms with van der Waals surface area (Å²) in [5, 5.41) is 0.644. The second-order valence-corrected chi connectivity index (χ2v) is 9.86. The van der Waals surface area contributed by atoms with Gasteiger partial charge in [0.2, 0.25) is 0 Å². The van der Waals surface area contributed by atoms with Crippen molar-refractivity contribution in [1.29, 1.82) is 0 Å². The topological polar surface area (TPSA) is 36.4 Å². The fourth-order valence-corrected chi connectivity index (χ4v) is 5.50.